The summed E-state index contributed by atoms with van der Waals surface area (Å²) in [5.41, 5.74) is 7.16. The van der Waals surface area contributed by atoms with E-state index in [-0.39, 0.29) is 30.6 Å². The van der Waals surface area contributed by atoms with Gasteiger partial charge < -0.3 is 21.7 Å². The molecule has 1 aromatic carbocycles. The number of hydrogen-bond donors (Lipinski definition) is 4. The zero-order chi connectivity index (χ0) is 32.8. The molecule has 258 valence electrons. The van der Waals surface area contributed by atoms with Gasteiger partial charge in [0.2, 0.25) is 17.7 Å². The number of benzene rings is 1. The third-order valence-electron chi connectivity index (χ3n) is 8.61. The molecule has 0 bridgehead atoms. The summed E-state index contributed by atoms with van der Waals surface area (Å²) < 4.78 is 0. The molecule has 7 nitrogen and oxygen atoms in total. The molecule has 0 saturated heterocycles. The normalized spacial score (nSPS) is 12.4. The number of carbonyl (C=O) groups excluding carboxylic acids is 3. The van der Waals surface area contributed by atoms with Crippen LogP contribution in [0.3, 0.4) is 0 Å². The van der Waals surface area contributed by atoms with Gasteiger partial charge >= 0.3 is 0 Å². The SMILES string of the molecule is CCCCCCCCCCCCNC(=O)CC[C@H](NC(=O)[C@@H](N)Cc1ccccc1)C(=O)NCCCCCCCCCCCC. The highest BCUT2D eigenvalue weighted by Gasteiger charge is 2.24. The first kappa shape index (κ1) is 40.6. The van der Waals surface area contributed by atoms with Crippen molar-refractivity contribution in [2.45, 2.75) is 174 Å². The Hall–Kier alpha value is -2.41. The van der Waals surface area contributed by atoms with Gasteiger partial charge in [0.15, 0.2) is 0 Å². The van der Waals surface area contributed by atoms with E-state index in [4.69, 9.17) is 5.73 Å². The van der Waals surface area contributed by atoms with Crippen LogP contribution in [0.4, 0.5) is 0 Å². The molecule has 1 rings (SSSR count). The van der Waals surface area contributed by atoms with Crippen LogP contribution in [0.1, 0.15) is 161 Å². The summed E-state index contributed by atoms with van der Waals surface area (Å²) >= 11 is 0. The maximum Gasteiger partial charge on any atom is 0.242 e. The average molecular weight is 629 g/mol. The van der Waals surface area contributed by atoms with E-state index in [0.717, 1.165) is 31.2 Å². The molecule has 0 aliphatic heterocycles. The van der Waals surface area contributed by atoms with Crippen molar-refractivity contribution in [3.05, 3.63) is 35.9 Å². The maximum absolute atomic E-state index is 13.1. The second-order valence-electron chi connectivity index (χ2n) is 12.9. The van der Waals surface area contributed by atoms with Crippen LogP contribution in [-0.4, -0.2) is 42.9 Å². The third kappa shape index (κ3) is 23.6. The van der Waals surface area contributed by atoms with Crippen LogP contribution in [0.5, 0.6) is 0 Å². The smallest absolute Gasteiger partial charge is 0.242 e. The van der Waals surface area contributed by atoms with Gasteiger partial charge in [-0.3, -0.25) is 14.4 Å². The average Bonchev–Trinajstić information content (AvgIpc) is 3.04. The van der Waals surface area contributed by atoms with E-state index in [1.807, 2.05) is 30.3 Å². The molecule has 0 heterocycles. The van der Waals surface area contributed by atoms with E-state index < -0.39 is 12.1 Å². The molecule has 45 heavy (non-hydrogen) atoms. The number of rotatable bonds is 30. The monoisotopic (exact) mass is 629 g/mol. The first-order valence-electron chi connectivity index (χ1n) is 18.6. The molecule has 7 heteroatoms. The van der Waals surface area contributed by atoms with Crippen LogP contribution in [0, 0.1) is 0 Å². The van der Waals surface area contributed by atoms with E-state index in [9.17, 15) is 14.4 Å². The summed E-state index contributed by atoms with van der Waals surface area (Å²) in [5, 5.41) is 8.82. The van der Waals surface area contributed by atoms with Crippen LogP contribution in [0.25, 0.3) is 0 Å². The van der Waals surface area contributed by atoms with Crippen molar-refractivity contribution in [2.75, 3.05) is 13.1 Å². The summed E-state index contributed by atoms with van der Waals surface area (Å²) in [4.78, 5) is 38.6. The topological polar surface area (TPSA) is 113 Å². The minimum absolute atomic E-state index is 0.0822. The number of unbranched alkanes of at least 4 members (excludes halogenated alkanes) is 18. The van der Waals surface area contributed by atoms with E-state index in [0.29, 0.717) is 19.5 Å². The quantitative estimate of drug-likeness (QED) is 0.0649. The second-order valence-corrected chi connectivity index (χ2v) is 12.9. The van der Waals surface area contributed by atoms with Gasteiger partial charge in [-0.1, -0.05) is 160 Å². The predicted molar refractivity (Wildman–Crippen MR) is 189 cm³/mol. The van der Waals surface area contributed by atoms with Gasteiger partial charge in [-0.2, -0.15) is 0 Å². The Bertz CT molecular complexity index is 864. The molecule has 0 spiro atoms. The molecular weight excluding hydrogens is 560 g/mol. The first-order valence-corrected chi connectivity index (χ1v) is 18.6. The zero-order valence-electron chi connectivity index (χ0n) is 29.0. The zero-order valence-corrected chi connectivity index (χ0v) is 29.0. The van der Waals surface area contributed by atoms with Crippen LogP contribution >= 0.6 is 0 Å². The van der Waals surface area contributed by atoms with Gasteiger partial charge in [0.05, 0.1) is 6.04 Å². The van der Waals surface area contributed by atoms with Gasteiger partial charge in [0, 0.05) is 19.5 Å². The molecule has 0 radical (unpaired) electrons. The van der Waals surface area contributed by atoms with Crippen molar-refractivity contribution in [2.24, 2.45) is 5.73 Å². The first-order chi connectivity index (χ1) is 22.0. The largest absolute Gasteiger partial charge is 0.356 e. The van der Waals surface area contributed by atoms with Crippen molar-refractivity contribution in [3.8, 4) is 0 Å². The number of hydrogen-bond acceptors (Lipinski definition) is 4. The molecule has 1 aromatic rings. The number of amides is 3. The second kappa shape index (κ2) is 29.0. The predicted octanol–water partition coefficient (Wildman–Crippen LogP) is 7.90. The number of carbonyl (C=O) groups is 3. The Morgan fingerprint density at radius 2 is 1.04 bits per heavy atom. The highest BCUT2D eigenvalue weighted by atomic mass is 16.2. The Kier molecular flexibility index (Phi) is 26.2. The summed E-state index contributed by atoms with van der Waals surface area (Å²) in [7, 11) is 0. The van der Waals surface area contributed by atoms with Crippen molar-refractivity contribution < 1.29 is 14.4 Å². The van der Waals surface area contributed by atoms with Gasteiger partial charge in [-0.25, -0.2) is 0 Å². The standard InChI is InChI=1S/C38H68N4O3/c1-3-5-7-9-11-13-15-17-19-24-30-40-36(43)29-28-35(42-37(44)34(39)32-33-26-22-21-23-27-33)38(45)41-31-25-20-18-16-14-12-10-8-6-4-2/h21-23,26-27,34-35H,3-20,24-25,28-32,39H2,1-2H3,(H,40,43)(H,41,45)(H,42,44)/t34-,35-/m0/s1. The molecule has 0 unspecified atom stereocenters. The Balaban J connectivity index is 2.39. The molecule has 5 N–H and O–H groups in total. The van der Waals surface area contributed by atoms with E-state index in [2.05, 4.69) is 29.8 Å². The van der Waals surface area contributed by atoms with E-state index >= 15 is 0 Å². The van der Waals surface area contributed by atoms with Crippen molar-refractivity contribution in [3.63, 3.8) is 0 Å². The fraction of sp³-hybridized carbons (Fsp3) is 0.763. The van der Waals surface area contributed by atoms with Crippen LogP contribution < -0.4 is 21.7 Å². The Morgan fingerprint density at radius 3 is 1.53 bits per heavy atom. The molecule has 0 saturated carbocycles. The van der Waals surface area contributed by atoms with Crippen molar-refractivity contribution in [1.82, 2.24) is 16.0 Å². The molecule has 3 amide bonds. The van der Waals surface area contributed by atoms with E-state index in [1.54, 1.807) is 0 Å². The van der Waals surface area contributed by atoms with Gasteiger partial charge in [-0.05, 0) is 31.2 Å². The number of nitrogens with one attached hydrogen (secondary N) is 3. The van der Waals surface area contributed by atoms with Crippen LogP contribution in [0.15, 0.2) is 30.3 Å². The lowest BCUT2D eigenvalue weighted by atomic mass is 10.0. The van der Waals surface area contributed by atoms with Crippen molar-refractivity contribution in [1.29, 1.82) is 0 Å². The highest BCUT2D eigenvalue weighted by Crippen LogP contribution is 2.12. The van der Waals surface area contributed by atoms with Gasteiger partial charge in [0.1, 0.15) is 6.04 Å². The summed E-state index contributed by atoms with van der Waals surface area (Å²) in [6.45, 7) is 5.71. The number of nitrogens with two attached hydrogens (primary N) is 1. The summed E-state index contributed by atoms with van der Waals surface area (Å²) in [6.07, 6.45) is 25.7. The summed E-state index contributed by atoms with van der Waals surface area (Å²) in [5.74, 6) is -0.696. The highest BCUT2D eigenvalue weighted by molar-refractivity contribution is 5.90. The lowest BCUT2D eigenvalue weighted by Crippen LogP contribution is -2.52. The van der Waals surface area contributed by atoms with Crippen molar-refractivity contribution >= 4 is 17.7 Å². The minimum Gasteiger partial charge on any atom is -0.356 e. The van der Waals surface area contributed by atoms with Crippen LogP contribution in [-0.2, 0) is 20.8 Å². The lowest BCUT2D eigenvalue weighted by molar-refractivity contribution is -0.130. The van der Waals surface area contributed by atoms with Crippen LogP contribution in [0.2, 0.25) is 0 Å². The van der Waals surface area contributed by atoms with Gasteiger partial charge in [0.25, 0.3) is 0 Å². The fourth-order valence-electron chi connectivity index (χ4n) is 5.66. The van der Waals surface area contributed by atoms with E-state index in [1.165, 1.54) is 103 Å². The molecule has 2 atom stereocenters. The maximum atomic E-state index is 13.1. The molecule has 0 fully saturated rings. The van der Waals surface area contributed by atoms with Gasteiger partial charge in [-0.15, -0.1) is 0 Å². The molecule has 0 aliphatic carbocycles. The Labute approximate surface area is 276 Å². The third-order valence-corrected chi connectivity index (χ3v) is 8.61. The minimum atomic E-state index is -0.787. The molecule has 0 aromatic heterocycles. The molecular formula is C38H68N4O3. The fourth-order valence-corrected chi connectivity index (χ4v) is 5.66. The lowest BCUT2D eigenvalue weighted by Gasteiger charge is -2.21. The Morgan fingerprint density at radius 1 is 0.600 bits per heavy atom. The summed E-state index contributed by atoms with van der Waals surface area (Å²) in [6, 6.07) is 8.06. The molecule has 0 aliphatic rings.